The van der Waals surface area contributed by atoms with Crippen LogP contribution in [0, 0.1) is 11.8 Å². The minimum atomic E-state index is -0.868. The van der Waals surface area contributed by atoms with Crippen LogP contribution in [-0.2, 0) is 4.74 Å². The molecule has 4 heteroatoms. The molecule has 0 saturated carbocycles. The zero-order valence-corrected chi connectivity index (χ0v) is 16.1. The molecule has 26 heavy (non-hydrogen) atoms. The van der Waals surface area contributed by atoms with Gasteiger partial charge in [0.05, 0.1) is 11.2 Å². The van der Waals surface area contributed by atoms with Gasteiger partial charge in [0.1, 0.15) is 11.9 Å². The number of aromatic hydroxyl groups is 1. The lowest BCUT2D eigenvalue weighted by atomic mass is 9.83. The molecule has 0 saturated heterocycles. The lowest BCUT2D eigenvalue weighted by Crippen LogP contribution is -2.31. The quantitative estimate of drug-likeness (QED) is 0.611. The molecule has 0 aromatic heterocycles. The van der Waals surface area contributed by atoms with Crippen LogP contribution in [0.15, 0.2) is 48.1 Å². The van der Waals surface area contributed by atoms with Crippen molar-refractivity contribution in [3.63, 3.8) is 0 Å². The summed E-state index contributed by atoms with van der Waals surface area (Å²) in [7, 11) is 0. The number of benzene rings is 1. The number of carbonyl (C=O) groups is 1. The topological polar surface area (TPSA) is 66.8 Å². The molecule has 1 aromatic carbocycles. The predicted octanol–water partition coefficient (Wildman–Crippen LogP) is 4.63. The second kappa shape index (κ2) is 8.54. The van der Waals surface area contributed by atoms with E-state index in [1.165, 1.54) is 12.1 Å². The summed E-state index contributed by atoms with van der Waals surface area (Å²) in [6.07, 6.45) is 7.77. The highest BCUT2D eigenvalue weighted by atomic mass is 16.5. The molecule has 2 rings (SSSR count). The number of rotatable bonds is 3. The summed E-state index contributed by atoms with van der Waals surface area (Å²) in [6, 6.07) is 6.08. The average molecular weight is 358 g/mol. The van der Waals surface area contributed by atoms with E-state index in [9.17, 15) is 15.0 Å². The molecule has 2 N–H and O–H groups in total. The molecule has 0 amide bonds. The van der Waals surface area contributed by atoms with E-state index in [0.29, 0.717) is 18.4 Å². The van der Waals surface area contributed by atoms with E-state index < -0.39 is 11.6 Å². The average Bonchev–Trinajstić information content (AvgIpc) is 2.54. The van der Waals surface area contributed by atoms with E-state index in [-0.39, 0.29) is 23.7 Å². The lowest BCUT2D eigenvalue weighted by Gasteiger charge is -2.30. The Kier molecular flexibility index (Phi) is 6.65. The van der Waals surface area contributed by atoms with Gasteiger partial charge in [-0.2, -0.15) is 0 Å². The summed E-state index contributed by atoms with van der Waals surface area (Å²) in [4.78, 5) is 12.6. The summed E-state index contributed by atoms with van der Waals surface area (Å²) in [5.74, 6) is -0.0224. The van der Waals surface area contributed by atoms with Crippen LogP contribution < -0.4 is 0 Å². The van der Waals surface area contributed by atoms with Crippen molar-refractivity contribution >= 4 is 5.97 Å². The van der Waals surface area contributed by atoms with Gasteiger partial charge in [-0.05, 0) is 56.9 Å². The SMILES string of the molecule is C/C1=C/CC[C@@](C)(O)/C=C\[C@H](C(C)C)[C@@H](OC(=O)c2ccc(O)cc2)C1. The fourth-order valence-electron chi connectivity index (χ4n) is 3.25. The van der Waals surface area contributed by atoms with Crippen molar-refractivity contribution in [2.24, 2.45) is 11.8 Å². The number of aliphatic hydroxyl groups is 1. The molecular formula is C22H30O4. The number of hydrogen-bond acceptors (Lipinski definition) is 4. The first-order valence-corrected chi connectivity index (χ1v) is 9.25. The van der Waals surface area contributed by atoms with Crippen molar-refractivity contribution in [1.29, 1.82) is 0 Å². The van der Waals surface area contributed by atoms with Crippen LogP contribution in [0.4, 0.5) is 0 Å². The molecule has 1 aliphatic rings. The van der Waals surface area contributed by atoms with Gasteiger partial charge < -0.3 is 14.9 Å². The largest absolute Gasteiger partial charge is 0.508 e. The standard InChI is InChI=1S/C22H30O4/c1-15(2)19-11-13-22(4,25)12-5-6-16(3)14-20(19)26-21(24)17-7-9-18(23)10-8-17/h6-11,13,15,19-20,23,25H,5,12,14H2,1-4H3/b13-11-,16-6-/t19-,20+,22-/m1/s1. The molecule has 3 atom stereocenters. The van der Waals surface area contributed by atoms with Crippen LogP contribution >= 0.6 is 0 Å². The van der Waals surface area contributed by atoms with Gasteiger partial charge in [-0.3, -0.25) is 0 Å². The molecular weight excluding hydrogens is 328 g/mol. The van der Waals surface area contributed by atoms with Crippen LogP contribution in [-0.4, -0.2) is 27.9 Å². The highest BCUT2D eigenvalue weighted by Crippen LogP contribution is 2.29. The van der Waals surface area contributed by atoms with E-state index in [2.05, 4.69) is 19.9 Å². The predicted molar refractivity (Wildman–Crippen MR) is 103 cm³/mol. The second-order valence-electron chi connectivity index (χ2n) is 7.82. The molecule has 0 fully saturated rings. The number of ether oxygens (including phenoxy) is 1. The molecule has 0 spiro atoms. The normalized spacial score (nSPS) is 30.3. The zero-order valence-electron chi connectivity index (χ0n) is 16.1. The summed E-state index contributed by atoms with van der Waals surface area (Å²) >= 11 is 0. The molecule has 1 aliphatic carbocycles. The van der Waals surface area contributed by atoms with Crippen molar-refractivity contribution in [3.05, 3.63) is 53.6 Å². The molecule has 0 bridgehead atoms. The maximum absolute atomic E-state index is 12.6. The monoisotopic (exact) mass is 358 g/mol. The summed E-state index contributed by atoms with van der Waals surface area (Å²) in [6.45, 7) is 8.04. The van der Waals surface area contributed by atoms with Gasteiger partial charge in [0.25, 0.3) is 0 Å². The third-order valence-electron chi connectivity index (χ3n) is 4.90. The smallest absolute Gasteiger partial charge is 0.338 e. The van der Waals surface area contributed by atoms with E-state index in [4.69, 9.17) is 4.74 Å². The number of allylic oxidation sites excluding steroid dienone is 1. The second-order valence-corrected chi connectivity index (χ2v) is 7.82. The number of carbonyl (C=O) groups excluding carboxylic acids is 1. The summed E-state index contributed by atoms with van der Waals surface area (Å²) in [5, 5.41) is 19.9. The maximum atomic E-state index is 12.6. The molecule has 0 heterocycles. The third kappa shape index (κ3) is 5.73. The molecule has 0 unspecified atom stereocenters. The number of phenolic OH excluding ortho intramolecular Hbond substituents is 1. The fourth-order valence-corrected chi connectivity index (χ4v) is 3.25. The minimum absolute atomic E-state index is 0.00369. The first kappa shape index (κ1) is 20.2. The van der Waals surface area contributed by atoms with Crippen LogP contribution in [0.25, 0.3) is 0 Å². The summed E-state index contributed by atoms with van der Waals surface area (Å²) < 4.78 is 5.87. The highest BCUT2D eigenvalue weighted by molar-refractivity contribution is 5.89. The Morgan fingerprint density at radius 3 is 2.54 bits per heavy atom. The highest BCUT2D eigenvalue weighted by Gasteiger charge is 2.29. The van der Waals surface area contributed by atoms with Crippen LogP contribution in [0.5, 0.6) is 5.75 Å². The van der Waals surface area contributed by atoms with Crippen LogP contribution in [0.3, 0.4) is 0 Å². The van der Waals surface area contributed by atoms with E-state index in [0.717, 1.165) is 12.0 Å². The van der Waals surface area contributed by atoms with Crippen LogP contribution in [0.1, 0.15) is 57.3 Å². The van der Waals surface area contributed by atoms with Gasteiger partial charge in [0.2, 0.25) is 0 Å². The van der Waals surface area contributed by atoms with E-state index in [1.54, 1.807) is 12.1 Å². The maximum Gasteiger partial charge on any atom is 0.338 e. The van der Waals surface area contributed by atoms with Crippen molar-refractivity contribution in [2.45, 2.75) is 58.7 Å². The van der Waals surface area contributed by atoms with Gasteiger partial charge in [0, 0.05) is 12.3 Å². The summed E-state index contributed by atoms with van der Waals surface area (Å²) in [5.41, 5.74) is 0.706. The van der Waals surface area contributed by atoms with Crippen molar-refractivity contribution in [1.82, 2.24) is 0 Å². The number of hydrogen-bond donors (Lipinski definition) is 2. The Balaban J connectivity index is 2.28. The van der Waals surface area contributed by atoms with E-state index in [1.807, 2.05) is 26.0 Å². The Bertz CT molecular complexity index is 668. The van der Waals surface area contributed by atoms with Crippen molar-refractivity contribution in [2.75, 3.05) is 0 Å². The first-order chi connectivity index (χ1) is 12.2. The Hall–Kier alpha value is -2.07. The molecule has 0 radical (unpaired) electrons. The van der Waals surface area contributed by atoms with Crippen molar-refractivity contribution < 1.29 is 19.7 Å². The molecule has 4 nitrogen and oxygen atoms in total. The van der Waals surface area contributed by atoms with Gasteiger partial charge in [-0.1, -0.05) is 37.6 Å². The van der Waals surface area contributed by atoms with Gasteiger partial charge in [0.15, 0.2) is 0 Å². The first-order valence-electron chi connectivity index (χ1n) is 9.25. The van der Waals surface area contributed by atoms with Gasteiger partial charge in [-0.15, -0.1) is 0 Å². The zero-order chi connectivity index (χ0) is 19.3. The molecule has 1 aromatic rings. The Morgan fingerprint density at radius 2 is 1.92 bits per heavy atom. The Labute approximate surface area is 156 Å². The van der Waals surface area contributed by atoms with E-state index >= 15 is 0 Å². The molecule has 0 aliphatic heterocycles. The van der Waals surface area contributed by atoms with Gasteiger partial charge >= 0.3 is 5.97 Å². The lowest BCUT2D eigenvalue weighted by molar-refractivity contribution is 0.0139. The van der Waals surface area contributed by atoms with Gasteiger partial charge in [-0.25, -0.2) is 4.79 Å². The minimum Gasteiger partial charge on any atom is -0.508 e. The number of phenols is 1. The van der Waals surface area contributed by atoms with Crippen LogP contribution in [0.2, 0.25) is 0 Å². The third-order valence-corrected chi connectivity index (χ3v) is 4.90. The number of esters is 1. The fraction of sp³-hybridized carbons (Fsp3) is 0.500. The molecule has 142 valence electrons. The van der Waals surface area contributed by atoms with Crippen molar-refractivity contribution in [3.8, 4) is 5.75 Å². The Morgan fingerprint density at radius 1 is 1.27 bits per heavy atom.